The Hall–Kier alpha value is -2.31. The van der Waals surface area contributed by atoms with Crippen LogP contribution in [0.15, 0.2) is 12.1 Å². The lowest BCUT2D eigenvalue weighted by Crippen LogP contribution is -2.34. The summed E-state index contributed by atoms with van der Waals surface area (Å²) in [6.07, 6.45) is 0.655. The first kappa shape index (κ1) is 20.7. The van der Waals surface area contributed by atoms with Gasteiger partial charge in [-0.2, -0.15) is 0 Å². The summed E-state index contributed by atoms with van der Waals surface area (Å²) < 4.78 is 29.8. The number of rotatable bonds is 10. The van der Waals surface area contributed by atoms with E-state index in [4.69, 9.17) is 14.2 Å². The van der Waals surface area contributed by atoms with E-state index in [0.29, 0.717) is 25.3 Å². The van der Waals surface area contributed by atoms with Gasteiger partial charge in [-0.1, -0.05) is 6.92 Å². The lowest BCUT2D eigenvalue weighted by molar-refractivity contribution is -0.142. The van der Waals surface area contributed by atoms with E-state index < -0.39 is 11.8 Å². The second-order valence-electron chi connectivity index (χ2n) is 5.36. The third-order valence-electron chi connectivity index (χ3n) is 3.56. The molecule has 0 fully saturated rings. The van der Waals surface area contributed by atoms with Crippen molar-refractivity contribution >= 4 is 11.9 Å². The van der Waals surface area contributed by atoms with Gasteiger partial charge in [-0.25, -0.2) is 4.39 Å². The normalized spacial score (nSPS) is 10.3. The molecule has 0 saturated heterocycles. The zero-order chi connectivity index (χ0) is 18.8. The van der Waals surface area contributed by atoms with Crippen LogP contribution in [0.1, 0.15) is 32.8 Å². The number of likely N-dealkylation sites (N-methyl/N-ethyl adjacent to an activating group) is 1. The molecule has 1 aromatic rings. The second-order valence-corrected chi connectivity index (χ2v) is 5.36. The molecule has 0 aromatic heterocycles. The van der Waals surface area contributed by atoms with E-state index in [2.05, 4.69) is 0 Å². The minimum absolute atomic E-state index is 0.0636. The number of methoxy groups -OCH3 is 1. The van der Waals surface area contributed by atoms with Crippen LogP contribution in [0.4, 0.5) is 4.39 Å². The number of hydrogen-bond donors (Lipinski definition) is 0. The van der Waals surface area contributed by atoms with Crippen molar-refractivity contribution in [2.45, 2.75) is 33.6 Å². The number of esters is 1. The monoisotopic (exact) mass is 355 g/mol. The maximum atomic E-state index is 14.3. The van der Waals surface area contributed by atoms with Crippen LogP contribution in [0.3, 0.4) is 0 Å². The van der Waals surface area contributed by atoms with Crippen LogP contribution in [-0.2, 0) is 20.7 Å². The van der Waals surface area contributed by atoms with Crippen molar-refractivity contribution in [3.8, 4) is 11.5 Å². The molecule has 0 N–H and O–H groups in total. The minimum Gasteiger partial charge on any atom is -0.493 e. The van der Waals surface area contributed by atoms with Gasteiger partial charge >= 0.3 is 5.97 Å². The molecule has 0 aliphatic rings. The van der Waals surface area contributed by atoms with Crippen molar-refractivity contribution in [2.75, 3.05) is 33.4 Å². The van der Waals surface area contributed by atoms with Crippen LogP contribution in [0.2, 0.25) is 0 Å². The van der Waals surface area contributed by atoms with Crippen molar-refractivity contribution < 1.29 is 28.2 Å². The number of halogens is 1. The molecule has 0 spiro atoms. The maximum Gasteiger partial charge on any atom is 0.310 e. The van der Waals surface area contributed by atoms with E-state index >= 15 is 0 Å². The van der Waals surface area contributed by atoms with Gasteiger partial charge in [0.15, 0.2) is 23.9 Å². The first-order valence-corrected chi connectivity index (χ1v) is 8.39. The summed E-state index contributed by atoms with van der Waals surface area (Å²) in [5, 5.41) is 0. The average Bonchev–Trinajstić information content (AvgIpc) is 2.59. The molecule has 0 radical (unpaired) electrons. The third-order valence-corrected chi connectivity index (χ3v) is 3.56. The Kier molecular flexibility index (Phi) is 8.74. The number of amides is 1. The molecule has 1 rings (SSSR count). The second kappa shape index (κ2) is 10.5. The number of carbonyl (C=O) groups excluding carboxylic acids is 2. The van der Waals surface area contributed by atoms with E-state index in [1.54, 1.807) is 4.90 Å². The molecule has 1 amide bonds. The number of carbonyl (C=O) groups is 2. The highest BCUT2D eigenvalue weighted by Crippen LogP contribution is 2.32. The van der Waals surface area contributed by atoms with Gasteiger partial charge in [-0.05, 0) is 38.0 Å². The van der Waals surface area contributed by atoms with Crippen molar-refractivity contribution in [1.29, 1.82) is 0 Å². The van der Waals surface area contributed by atoms with E-state index in [-0.39, 0.29) is 30.4 Å². The van der Waals surface area contributed by atoms with Crippen LogP contribution in [0.25, 0.3) is 0 Å². The van der Waals surface area contributed by atoms with Gasteiger partial charge < -0.3 is 19.1 Å². The SMILES string of the molecule is CCCOC(=O)Cc1cc(F)c(OCC(=O)N(CC)CC)c(OC)c1. The Balaban J connectivity index is 2.84. The lowest BCUT2D eigenvalue weighted by atomic mass is 10.1. The standard InChI is InChI=1S/C18H26FNO5/c1-5-8-24-17(22)11-13-9-14(19)18(15(10-13)23-4)25-12-16(21)20(6-2)7-3/h9-10H,5-8,11-12H2,1-4H3. The minimum atomic E-state index is -0.690. The molecule has 0 aliphatic carbocycles. The van der Waals surface area contributed by atoms with Gasteiger partial charge in [-0.15, -0.1) is 0 Å². The van der Waals surface area contributed by atoms with Gasteiger partial charge in [-0.3, -0.25) is 9.59 Å². The predicted octanol–water partition coefficient (Wildman–Crippen LogP) is 2.58. The Labute approximate surface area is 147 Å². The van der Waals surface area contributed by atoms with E-state index in [0.717, 1.165) is 6.42 Å². The van der Waals surface area contributed by atoms with E-state index in [9.17, 15) is 14.0 Å². The molecule has 7 heteroatoms. The summed E-state index contributed by atoms with van der Waals surface area (Å²) in [7, 11) is 1.37. The molecule has 0 heterocycles. The van der Waals surface area contributed by atoms with Gasteiger partial charge in [0, 0.05) is 13.1 Å². The molecule has 0 aliphatic heterocycles. The van der Waals surface area contributed by atoms with E-state index in [1.807, 2.05) is 20.8 Å². The zero-order valence-electron chi connectivity index (χ0n) is 15.3. The molecular weight excluding hydrogens is 329 g/mol. The molecule has 6 nitrogen and oxygen atoms in total. The summed E-state index contributed by atoms with van der Waals surface area (Å²) in [6.45, 7) is 6.75. The fourth-order valence-electron chi connectivity index (χ4n) is 2.25. The quantitative estimate of drug-likeness (QED) is 0.604. The summed E-state index contributed by atoms with van der Waals surface area (Å²) in [5.41, 5.74) is 0.415. The van der Waals surface area contributed by atoms with Crippen molar-refractivity contribution in [1.82, 2.24) is 4.90 Å². The van der Waals surface area contributed by atoms with Crippen LogP contribution < -0.4 is 9.47 Å². The number of ether oxygens (including phenoxy) is 3. The molecule has 0 bridgehead atoms. The largest absolute Gasteiger partial charge is 0.493 e. The maximum absolute atomic E-state index is 14.3. The Morgan fingerprint density at radius 2 is 1.84 bits per heavy atom. The predicted molar refractivity (Wildman–Crippen MR) is 91.3 cm³/mol. The highest BCUT2D eigenvalue weighted by molar-refractivity contribution is 5.78. The highest BCUT2D eigenvalue weighted by Gasteiger charge is 2.18. The van der Waals surface area contributed by atoms with Crippen LogP contribution in [0.5, 0.6) is 11.5 Å². The van der Waals surface area contributed by atoms with Gasteiger partial charge in [0.1, 0.15) is 0 Å². The van der Waals surface area contributed by atoms with Crippen LogP contribution in [0, 0.1) is 5.82 Å². The summed E-state index contributed by atoms with van der Waals surface area (Å²) in [6, 6.07) is 2.69. The molecular formula is C18H26FNO5. The molecule has 25 heavy (non-hydrogen) atoms. The Morgan fingerprint density at radius 3 is 2.40 bits per heavy atom. The topological polar surface area (TPSA) is 65.1 Å². The van der Waals surface area contributed by atoms with E-state index in [1.165, 1.54) is 19.2 Å². The Morgan fingerprint density at radius 1 is 1.16 bits per heavy atom. The fraction of sp³-hybridized carbons (Fsp3) is 0.556. The van der Waals surface area contributed by atoms with Crippen molar-refractivity contribution in [3.63, 3.8) is 0 Å². The first-order chi connectivity index (χ1) is 12.0. The lowest BCUT2D eigenvalue weighted by Gasteiger charge is -2.19. The number of benzene rings is 1. The molecule has 0 unspecified atom stereocenters. The number of hydrogen-bond acceptors (Lipinski definition) is 5. The summed E-state index contributed by atoms with van der Waals surface area (Å²) >= 11 is 0. The molecule has 1 aromatic carbocycles. The fourth-order valence-corrected chi connectivity index (χ4v) is 2.25. The smallest absolute Gasteiger partial charge is 0.310 e. The van der Waals surface area contributed by atoms with Crippen molar-refractivity contribution in [2.24, 2.45) is 0 Å². The third kappa shape index (κ3) is 6.25. The summed E-state index contributed by atoms with van der Waals surface area (Å²) in [5.74, 6) is -1.38. The molecule has 140 valence electrons. The molecule has 0 atom stereocenters. The zero-order valence-corrected chi connectivity index (χ0v) is 15.3. The van der Waals surface area contributed by atoms with Crippen LogP contribution in [-0.4, -0.2) is 50.2 Å². The molecule has 0 saturated carbocycles. The summed E-state index contributed by atoms with van der Waals surface area (Å²) in [4.78, 5) is 25.2. The van der Waals surface area contributed by atoms with Crippen molar-refractivity contribution in [3.05, 3.63) is 23.5 Å². The Bertz CT molecular complexity index is 587. The van der Waals surface area contributed by atoms with Gasteiger partial charge in [0.2, 0.25) is 0 Å². The number of nitrogens with zero attached hydrogens (tertiary/aromatic N) is 1. The average molecular weight is 355 g/mol. The van der Waals surface area contributed by atoms with Gasteiger partial charge in [0.05, 0.1) is 20.1 Å². The van der Waals surface area contributed by atoms with Crippen LogP contribution >= 0.6 is 0 Å². The first-order valence-electron chi connectivity index (χ1n) is 8.39. The van der Waals surface area contributed by atoms with Gasteiger partial charge in [0.25, 0.3) is 5.91 Å². The highest BCUT2D eigenvalue weighted by atomic mass is 19.1.